The van der Waals surface area contributed by atoms with Gasteiger partial charge in [-0.15, -0.1) is 0 Å². The third kappa shape index (κ3) is 20.8. The molecule has 0 aliphatic heterocycles. The maximum Gasteiger partial charge on any atom is 0.426 e. The van der Waals surface area contributed by atoms with Gasteiger partial charge in [0.2, 0.25) is 5.91 Å². The molecule has 5 heteroatoms. The molecule has 0 aromatic rings. The van der Waals surface area contributed by atoms with Gasteiger partial charge >= 0.3 is 6.09 Å². The molecule has 28 heavy (non-hydrogen) atoms. The third-order valence-corrected chi connectivity index (χ3v) is 4.37. The summed E-state index contributed by atoms with van der Waals surface area (Å²) in [5, 5.41) is 0. The predicted octanol–water partition coefficient (Wildman–Crippen LogP) is 6.58. The first-order valence-electron chi connectivity index (χ1n) is 11.3. The lowest BCUT2D eigenvalue weighted by Crippen LogP contribution is -2.44. The van der Waals surface area contributed by atoms with Gasteiger partial charge in [-0.1, -0.05) is 70.4 Å². The SMILES string of the molecule is CCCCCCCC/C=C\CCCCCCCC(=O)NNC(=O)OC(C)(C)C. The maximum absolute atomic E-state index is 11.7. The summed E-state index contributed by atoms with van der Waals surface area (Å²) >= 11 is 0. The van der Waals surface area contributed by atoms with Crippen molar-refractivity contribution < 1.29 is 14.3 Å². The van der Waals surface area contributed by atoms with Crippen LogP contribution in [0, 0.1) is 0 Å². The molecule has 0 fully saturated rings. The Balaban J connectivity index is 3.37. The Labute approximate surface area is 173 Å². The van der Waals surface area contributed by atoms with Crippen LogP contribution in [0.2, 0.25) is 0 Å². The van der Waals surface area contributed by atoms with Gasteiger partial charge in [0.25, 0.3) is 0 Å². The molecule has 5 nitrogen and oxygen atoms in total. The lowest BCUT2D eigenvalue weighted by Gasteiger charge is -2.19. The van der Waals surface area contributed by atoms with E-state index in [2.05, 4.69) is 29.9 Å². The van der Waals surface area contributed by atoms with Crippen LogP contribution in [0.3, 0.4) is 0 Å². The van der Waals surface area contributed by atoms with Crippen molar-refractivity contribution >= 4 is 12.0 Å². The van der Waals surface area contributed by atoms with Gasteiger partial charge < -0.3 is 4.74 Å². The second kappa shape index (κ2) is 17.6. The van der Waals surface area contributed by atoms with E-state index in [9.17, 15) is 9.59 Å². The number of allylic oxidation sites excluding steroid dienone is 2. The molecule has 164 valence electrons. The molecule has 0 aliphatic rings. The van der Waals surface area contributed by atoms with Gasteiger partial charge in [0.15, 0.2) is 0 Å². The molecule has 0 radical (unpaired) electrons. The highest BCUT2D eigenvalue weighted by atomic mass is 16.6. The number of nitrogens with one attached hydrogen (secondary N) is 2. The van der Waals surface area contributed by atoms with E-state index in [0.29, 0.717) is 6.42 Å². The van der Waals surface area contributed by atoms with Crippen LogP contribution in [-0.2, 0) is 9.53 Å². The van der Waals surface area contributed by atoms with Gasteiger partial charge in [0.05, 0.1) is 0 Å². The monoisotopic (exact) mass is 396 g/mol. The molecule has 0 saturated carbocycles. The Hall–Kier alpha value is -1.52. The van der Waals surface area contributed by atoms with Gasteiger partial charge in [-0.2, -0.15) is 0 Å². The number of ether oxygens (including phenoxy) is 1. The summed E-state index contributed by atoms with van der Waals surface area (Å²) in [5.74, 6) is -0.177. The number of hydrazine groups is 1. The van der Waals surface area contributed by atoms with Gasteiger partial charge in [-0.05, 0) is 52.9 Å². The standard InChI is InChI=1S/C23H44N2O3/c1-5-6-7-8-9-10-11-12-13-14-15-16-17-18-19-20-21(26)24-25-22(27)28-23(2,3)4/h12-13H,5-11,14-20H2,1-4H3,(H,24,26)(H,25,27)/b13-12-. The van der Waals surface area contributed by atoms with E-state index >= 15 is 0 Å². The summed E-state index contributed by atoms with van der Waals surface area (Å²) in [6.45, 7) is 7.59. The van der Waals surface area contributed by atoms with Gasteiger partial charge in [0.1, 0.15) is 5.60 Å². The summed E-state index contributed by atoms with van der Waals surface area (Å²) in [6.07, 6.45) is 20.5. The highest BCUT2D eigenvalue weighted by Crippen LogP contribution is 2.10. The molecule has 0 atom stereocenters. The second-order valence-electron chi connectivity index (χ2n) is 8.51. The molecule has 0 unspecified atom stereocenters. The fourth-order valence-electron chi connectivity index (χ4n) is 2.84. The number of carbonyl (C=O) groups excluding carboxylic acids is 2. The normalized spacial score (nSPS) is 11.6. The Kier molecular flexibility index (Phi) is 16.6. The van der Waals surface area contributed by atoms with Crippen LogP contribution in [0.1, 0.15) is 118 Å². The Morgan fingerprint density at radius 1 is 0.750 bits per heavy atom. The topological polar surface area (TPSA) is 67.4 Å². The van der Waals surface area contributed by atoms with Gasteiger partial charge in [-0.25, -0.2) is 10.2 Å². The van der Waals surface area contributed by atoms with Crippen molar-refractivity contribution in [2.45, 2.75) is 123 Å². The van der Waals surface area contributed by atoms with Crippen LogP contribution >= 0.6 is 0 Å². The molecule has 0 aromatic heterocycles. The highest BCUT2D eigenvalue weighted by molar-refractivity contribution is 5.79. The number of hydrogen-bond donors (Lipinski definition) is 2. The molecule has 0 heterocycles. The van der Waals surface area contributed by atoms with Crippen molar-refractivity contribution in [1.29, 1.82) is 0 Å². The number of hydrogen-bond acceptors (Lipinski definition) is 3. The lowest BCUT2D eigenvalue weighted by atomic mass is 10.1. The largest absolute Gasteiger partial charge is 0.443 e. The quantitative estimate of drug-likeness (QED) is 0.187. The minimum atomic E-state index is -0.634. The first-order chi connectivity index (χ1) is 13.3. The molecule has 0 bridgehead atoms. The van der Waals surface area contributed by atoms with Gasteiger partial charge in [-0.3, -0.25) is 10.2 Å². The minimum Gasteiger partial charge on any atom is -0.443 e. The predicted molar refractivity (Wildman–Crippen MR) is 117 cm³/mol. The summed E-state index contributed by atoms with van der Waals surface area (Å²) in [4.78, 5) is 23.1. The molecule has 0 aliphatic carbocycles. The molecule has 0 spiro atoms. The van der Waals surface area contributed by atoms with Crippen LogP contribution in [0.4, 0.5) is 4.79 Å². The van der Waals surface area contributed by atoms with E-state index in [1.54, 1.807) is 20.8 Å². The molecule has 0 aromatic carbocycles. The van der Waals surface area contributed by atoms with Crippen molar-refractivity contribution in [3.63, 3.8) is 0 Å². The molecule has 0 saturated heterocycles. The van der Waals surface area contributed by atoms with Crippen molar-refractivity contribution in [2.24, 2.45) is 0 Å². The van der Waals surface area contributed by atoms with E-state index in [-0.39, 0.29) is 5.91 Å². The summed E-state index contributed by atoms with van der Waals surface area (Å²) in [6, 6.07) is 0. The van der Waals surface area contributed by atoms with Crippen LogP contribution in [0.25, 0.3) is 0 Å². The lowest BCUT2D eigenvalue weighted by molar-refractivity contribution is -0.122. The highest BCUT2D eigenvalue weighted by Gasteiger charge is 2.16. The van der Waals surface area contributed by atoms with Crippen molar-refractivity contribution in [3.05, 3.63) is 12.2 Å². The van der Waals surface area contributed by atoms with E-state index in [0.717, 1.165) is 25.7 Å². The smallest absolute Gasteiger partial charge is 0.426 e. The summed E-state index contributed by atoms with van der Waals surface area (Å²) in [5.41, 5.74) is 4.08. The average Bonchev–Trinajstić information content (AvgIpc) is 2.62. The fourth-order valence-corrected chi connectivity index (χ4v) is 2.84. The Morgan fingerprint density at radius 3 is 1.79 bits per heavy atom. The first-order valence-corrected chi connectivity index (χ1v) is 11.3. The van der Waals surface area contributed by atoms with Gasteiger partial charge in [0, 0.05) is 6.42 Å². The zero-order valence-corrected chi connectivity index (χ0v) is 18.8. The van der Waals surface area contributed by atoms with Crippen LogP contribution in [-0.4, -0.2) is 17.6 Å². The zero-order valence-electron chi connectivity index (χ0n) is 18.8. The Bertz CT molecular complexity index is 428. The molecule has 2 amide bonds. The Morgan fingerprint density at radius 2 is 1.25 bits per heavy atom. The van der Waals surface area contributed by atoms with E-state index in [4.69, 9.17) is 4.74 Å². The summed E-state index contributed by atoms with van der Waals surface area (Å²) < 4.78 is 5.05. The van der Waals surface area contributed by atoms with Crippen molar-refractivity contribution in [1.82, 2.24) is 10.9 Å². The molecular weight excluding hydrogens is 352 g/mol. The second-order valence-corrected chi connectivity index (χ2v) is 8.51. The van der Waals surface area contributed by atoms with Crippen LogP contribution < -0.4 is 10.9 Å². The number of amides is 2. The number of carbonyl (C=O) groups is 2. The van der Waals surface area contributed by atoms with Crippen LogP contribution in [0.15, 0.2) is 12.2 Å². The zero-order chi connectivity index (χ0) is 21.1. The molecular formula is C23H44N2O3. The van der Waals surface area contributed by atoms with Crippen molar-refractivity contribution in [2.75, 3.05) is 0 Å². The minimum absolute atomic E-state index is 0.177. The number of unbranched alkanes of at least 4 members (excludes halogenated alkanes) is 11. The maximum atomic E-state index is 11.7. The third-order valence-electron chi connectivity index (χ3n) is 4.37. The molecule has 2 N–H and O–H groups in total. The van der Waals surface area contributed by atoms with Crippen molar-refractivity contribution in [3.8, 4) is 0 Å². The summed E-state index contributed by atoms with van der Waals surface area (Å²) in [7, 11) is 0. The fraction of sp³-hybridized carbons (Fsp3) is 0.826. The van der Waals surface area contributed by atoms with E-state index < -0.39 is 11.7 Å². The first kappa shape index (κ1) is 26.5. The van der Waals surface area contributed by atoms with E-state index in [1.807, 2.05) is 0 Å². The molecule has 0 rings (SSSR count). The average molecular weight is 397 g/mol. The van der Waals surface area contributed by atoms with E-state index in [1.165, 1.54) is 57.8 Å². The van der Waals surface area contributed by atoms with Crippen LogP contribution in [0.5, 0.6) is 0 Å². The number of rotatable bonds is 15.